The van der Waals surface area contributed by atoms with Crippen LogP contribution < -0.4 is 11.3 Å². The van der Waals surface area contributed by atoms with Gasteiger partial charge in [0.05, 0.1) is 5.52 Å². The lowest BCUT2D eigenvalue weighted by molar-refractivity contribution is 0.588. The van der Waals surface area contributed by atoms with Gasteiger partial charge in [-0.25, -0.2) is 13.5 Å². The zero-order valence-electron chi connectivity index (χ0n) is 11.7. The van der Waals surface area contributed by atoms with Gasteiger partial charge in [0.2, 0.25) is 0 Å². The molecule has 0 saturated carbocycles. The normalized spacial score (nSPS) is 11.4. The molecule has 114 valence electrons. The van der Waals surface area contributed by atoms with E-state index in [4.69, 9.17) is 5.73 Å². The van der Waals surface area contributed by atoms with Crippen molar-refractivity contribution in [1.29, 1.82) is 0 Å². The molecule has 0 unspecified atom stereocenters. The van der Waals surface area contributed by atoms with Gasteiger partial charge in [-0.2, -0.15) is 5.10 Å². The van der Waals surface area contributed by atoms with Crippen molar-refractivity contribution >= 4 is 27.6 Å². The second kappa shape index (κ2) is 4.64. The molecular formula is C16H10F2N4O. The molecule has 0 aliphatic rings. The number of nitrogens with two attached hydrogens (primary N) is 1. The van der Waals surface area contributed by atoms with E-state index in [0.717, 1.165) is 22.9 Å². The molecule has 4 aromatic rings. The van der Waals surface area contributed by atoms with E-state index in [1.165, 1.54) is 0 Å². The maximum Gasteiger partial charge on any atom is 0.261 e. The molecule has 23 heavy (non-hydrogen) atoms. The SMILES string of the molecule is Nc1c2c(=O)[nH]c3ccccc3c2nn1-c1cc(F)ccc1F. The molecule has 0 radical (unpaired) electrons. The Hall–Kier alpha value is -3.22. The van der Waals surface area contributed by atoms with Crippen LogP contribution in [0, 0.1) is 11.6 Å². The number of hydrogen-bond donors (Lipinski definition) is 2. The summed E-state index contributed by atoms with van der Waals surface area (Å²) in [6, 6.07) is 10.0. The number of fused-ring (bicyclic) bond motifs is 3. The van der Waals surface area contributed by atoms with E-state index < -0.39 is 17.2 Å². The zero-order valence-corrected chi connectivity index (χ0v) is 11.7. The van der Waals surface area contributed by atoms with E-state index in [9.17, 15) is 13.6 Å². The summed E-state index contributed by atoms with van der Waals surface area (Å²) in [7, 11) is 0. The number of H-pyrrole nitrogens is 1. The van der Waals surface area contributed by atoms with Gasteiger partial charge in [0.1, 0.15) is 34.0 Å². The highest BCUT2D eigenvalue weighted by Gasteiger charge is 2.18. The lowest BCUT2D eigenvalue weighted by Gasteiger charge is -2.05. The molecule has 7 heteroatoms. The first-order valence-corrected chi connectivity index (χ1v) is 6.81. The van der Waals surface area contributed by atoms with Gasteiger partial charge in [0.25, 0.3) is 5.56 Å². The first-order chi connectivity index (χ1) is 11.1. The number of nitrogens with zero attached hydrogens (tertiary/aromatic N) is 2. The van der Waals surface area contributed by atoms with Gasteiger partial charge in [-0.3, -0.25) is 4.79 Å². The van der Waals surface area contributed by atoms with Crippen LogP contribution >= 0.6 is 0 Å². The second-order valence-electron chi connectivity index (χ2n) is 5.12. The highest BCUT2D eigenvalue weighted by atomic mass is 19.1. The average molecular weight is 312 g/mol. The monoisotopic (exact) mass is 312 g/mol. The van der Waals surface area contributed by atoms with E-state index >= 15 is 0 Å². The van der Waals surface area contributed by atoms with Gasteiger partial charge in [-0.1, -0.05) is 18.2 Å². The Morgan fingerprint density at radius 1 is 1.13 bits per heavy atom. The van der Waals surface area contributed by atoms with Gasteiger partial charge >= 0.3 is 0 Å². The number of nitrogen functional groups attached to an aromatic ring is 1. The smallest absolute Gasteiger partial charge is 0.261 e. The molecule has 0 fully saturated rings. The Balaban J connectivity index is 2.16. The standard InChI is InChI=1S/C16H10F2N4O/c17-8-5-6-10(18)12(7-8)22-15(19)13-14(21-22)9-3-1-2-4-11(9)20-16(13)23/h1-7H,19H2,(H,20,23). The third-order valence-corrected chi connectivity index (χ3v) is 3.71. The number of hydrogen-bond acceptors (Lipinski definition) is 3. The van der Waals surface area contributed by atoms with Gasteiger partial charge in [0, 0.05) is 11.5 Å². The first-order valence-electron chi connectivity index (χ1n) is 6.81. The van der Waals surface area contributed by atoms with Crippen LogP contribution in [0.2, 0.25) is 0 Å². The third kappa shape index (κ3) is 1.90. The van der Waals surface area contributed by atoms with E-state index in [-0.39, 0.29) is 16.9 Å². The number of pyridine rings is 1. The summed E-state index contributed by atoms with van der Waals surface area (Å²) in [4.78, 5) is 15.0. The summed E-state index contributed by atoms with van der Waals surface area (Å²) in [5, 5.41) is 5.05. The number of aromatic nitrogens is 3. The highest BCUT2D eigenvalue weighted by molar-refractivity contribution is 6.06. The summed E-state index contributed by atoms with van der Waals surface area (Å²) in [5.74, 6) is -1.36. The molecule has 0 atom stereocenters. The number of anilines is 1. The number of nitrogens with one attached hydrogen (secondary N) is 1. The Morgan fingerprint density at radius 3 is 2.74 bits per heavy atom. The molecule has 0 bridgehead atoms. The molecule has 0 spiro atoms. The number of rotatable bonds is 1. The molecule has 2 aromatic heterocycles. The molecule has 0 aliphatic carbocycles. The van der Waals surface area contributed by atoms with E-state index in [0.29, 0.717) is 16.4 Å². The largest absolute Gasteiger partial charge is 0.383 e. The van der Waals surface area contributed by atoms with Crippen molar-refractivity contribution in [2.45, 2.75) is 0 Å². The molecule has 5 nitrogen and oxygen atoms in total. The molecule has 0 amide bonds. The van der Waals surface area contributed by atoms with Crippen molar-refractivity contribution in [3.8, 4) is 5.69 Å². The van der Waals surface area contributed by atoms with Crippen LogP contribution in [0.3, 0.4) is 0 Å². The lowest BCUT2D eigenvalue weighted by atomic mass is 10.1. The topological polar surface area (TPSA) is 76.7 Å². The van der Waals surface area contributed by atoms with Crippen LogP contribution in [-0.4, -0.2) is 14.8 Å². The fraction of sp³-hybridized carbons (Fsp3) is 0. The molecule has 0 aliphatic heterocycles. The molecule has 2 heterocycles. The van der Waals surface area contributed by atoms with Crippen molar-refractivity contribution in [3.05, 3.63) is 64.5 Å². The van der Waals surface area contributed by atoms with E-state index in [1.807, 2.05) is 0 Å². The van der Waals surface area contributed by atoms with E-state index in [2.05, 4.69) is 10.1 Å². The van der Waals surface area contributed by atoms with Gasteiger partial charge in [-0.05, 0) is 18.2 Å². The predicted molar refractivity (Wildman–Crippen MR) is 83.5 cm³/mol. The maximum absolute atomic E-state index is 14.0. The molecular weight excluding hydrogens is 302 g/mol. The predicted octanol–water partition coefficient (Wildman–Crippen LogP) is 2.73. The zero-order chi connectivity index (χ0) is 16.1. The quantitative estimate of drug-likeness (QED) is 0.567. The summed E-state index contributed by atoms with van der Waals surface area (Å²) in [6.45, 7) is 0. The van der Waals surface area contributed by atoms with Crippen molar-refractivity contribution in [2.75, 3.05) is 5.73 Å². The minimum Gasteiger partial charge on any atom is -0.383 e. The maximum atomic E-state index is 14.0. The van der Waals surface area contributed by atoms with Crippen LogP contribution in [0.15, 0.2) is 47.3 Å². The lowest BCUT2D eigenvalue weighted by Crippen LogP contribution is -2.09. The van der Waals surface area contributed by atoms with Crippen LogP contribution in [0.4, 0.5) is 14.6 Å². The van der Waals surface area contributed by atoms with Crippen molar-refractivity contribution < 1.29 is 8.78 Å². The molecule has 3 N–H and O–H groups in total. The number of halogens is 2. The van der Waals surface area contributed by atoms with Crippen LogP contribution in [-0.2, 0) is 0 Å². The Labute approximate surface area is 128 Å². The first kappa shape index (κ1) is 13.4. The van der Waals surface area contributed by atoms with Crippen molar-refractivity contribution in [3.63, 3.8) is 0 Å². The summed E-state index contributed by atoms with van der Waals surface area (Å²) < 4.78 is 28.5. The summed E-state index contributed by atoms with van der Waals surface area (Å²) in [6.07, 6.45) is 0. The highest BCUT2D eigenvalue weighted by Crippen LogP contribution is 2.27. The molecule has 0 saturated heterocycles. The van der Waals surface area contributed by atoms with E-state index in [1.54, 1.807) is 24.3 Å². The Kier molecular flexibility index (Phi) is 2.71. The van der Waals surface area contributed by atoms with Crippen LogP contribution in [0.1, 0.15) is 0 Å². The molecule has 4 rings (SSSR count). The Morgan fingerprint density at radius 2 is 1.91 bits per heavy atom. The number of aromatic amines is 1. The molecule has 2 aromatic carbocycles. The fourth-order valence-corrected chi connectivity index (χ4v) is 2.66. The van der Waals surface area contributed by atoms with Crippen molar-refractivity contribution in [2.24, 2.45) is 0 Å². The fourth-order valence-electron chi connectivity index (χ4n) is 2.66. The van der Waals surface area contributed by atoms with Crippen molar-refractivity contribution in [1.82, 2.24) is 14.8 Å². The second-order valence-corrected chi connectivity index (χ2v) is 5.12. The summed E-state index contributed by atoms with van der Waals surface area (Å²) >= 11 is 0. The minimum absolute atomic E-state index is 0.0449. The number of benzene rings is 2. The number of para-hydroxylation sites is 1. The van der Waals surface area contributed by atoms with Gasteiger partial charge in [-0.15, -0.1) is 0 Å². The summed E-state index contributed by atoms with van der Waals surface area (Å²) in [5.41, 5.74) is 6.32. The van der Waals surface area contributed by atoms with Crippen LogP contribution in [0.25, 0.3) is 27.5 Å². The van der Waals surface area contributed by atoms with Gasteiger partial charge < -0.3 is 10.7 Å². The van der Waals surface area contributed by atoms with Crippen LogP contribution in [0.5, 0.6) is 0 Å². The van der Waals surface area contributed by atoms with Gasteiger partial charge in [0.15, 0.2) is 0 Å². The minimum atomic E-state index is -0.688. The third-order valence-electron chi connectivity index (χ3n) is 3.71. The Bertz CT molecular complexity index is 1130. The average Bonchev–Trinajstić information content (AvgIpc) is 2.88.